The highest BCUT2D eigenvalue weighted by molar-refractivity contribution is 6.18. The summed E-state index contributed by atoms with van der Waals surface area (Å²) >= 11 is 5.75. The summed E-state index contributed by atoms with van der Waals surface area (Å²) in [5.41, 5.74) is 1.28. The highest BCUT2D eigenvalue weighted by atomic mass is 35.5. The van der Waals surface area contributed by atoms with E-state index >= 15 is 0 Å². The van der Waals surface area contributed by atoms with Crippen molar-refractivity contribution in [2.24, 2.45) is 0 Å². The Morgan fingerprint density at radius 2 is 2.39 bits per heavy atom. The van der Waals surface area contributed by atoms with Gasteiger partial charge in [0, 0.05) is 18.7 Å². The number of halogens is 1. The first-order chi connectivity index (χ1) is 8.61. The van der Waals surface area contributed by atoms with Crippen LogP contribution in [0.2, 0.25) is 0 Å². The van der Waals surface area contributed by atoms with Gasteiger partial charge in [-0.15, -0.1) is 11.6 Å². The minimum absolute atomic E-state index is 0.0449. The molecule has 1 aromatic carbocycles. The summed E-state index contributed by atoms with van der Waals surface area (Å²) in [5, 5.41) is 9.45. The van der Waals surface area contributed by atoms with Gasteiger partial charge >= 0.3 is 0 Å². The van der Waals surface area contributed by atoms with E-state index in [4.69, 9.17) is 16.3 Å². The van der Waals surface area contributed by atoms with Crippen molar-refractivity contribution in [2.75, 3.05) is 25.6 Å². The van der Waals surface area contributed by atoms with Crippen LogP contribution in [0.4, 0.5) is 0 Å². The Morgan fingerprint density at radius 3 is 3.06 bits per heavy atom. The molecule has 5 heteroatoms. The van der Waals surface area contributed by atoms with Crippen molar-refractivity contribution >= 4 is 17.5 Å². The molecule has 0 aliphatic carbocycles. The number of ether oxygens (including phenoxy) is 1. The molecule has 1 fully saturated rings. The monoisotopic (exact) mass is 269 g/mol. The number of hydrogen-bond donors (Lipinski definition) is 1. The second-order valence-corrected chi connectivity index (χ2v) is 4.71. The Balaban J connectivity index is 2.12. The van der Waals surface area contributed by atoms with Crippen LogP contribution < -0.4 is 0 Å². The molecule has 98 valence electrons. The maximum absolute atomic E-state index is 12.3. The maximum Gasteiger partial charge on any atom is 0.254 e. The molecule has 1 heterocycles. The van der Waals surface area contributed by atoms with Crippen molar-refractivity contribution in [3.63, 3.8) is 0 Å². The lowest BCUT2D eigenvalue weighted by atomic mass is 10.1. The summed E-state index contributed by atoms with van der Waals surface area (Å²) in [6.45, 7) is 3.38. The molecule has 1 aliphatic heterocycles. The first-order valence-corrected chi connectivity index (χ1v) is 6.41. The van der Waals surface area contributed by atoms with Gasteiger partial charge in [-0.1, -0.05) is 0 Å². The number of morpholine rings is 1. The van der Waals surface area contributed by atoms with Crippen LogP contribution in [0.25, 0.3) is 0 Å². The molecule has 4 nitrogen and oxygen atoms in total. The highest BCUT2D eigenvalue weighted by Crippen LogP contribution is 2.19. The van der Waals surface area contributed by atoms with Crippen molar-refractivity contribution in [1.29, 1.82) is 0 Å². The predicted octanol–water partition coefficient (Wildman–Crippen LogP) is 1.78. The molecule has 1 aromatic rings. The standard InChI is InChI=1S/C13H16ClNO3/c1-9-6-10(2-3-12(9)16)13(17)15-4-5-18-11(7-14)8-15/h2-3,6,11,16H,4-5,7-8H2,1H3. The van der Waals surface area contributed by atoms with E-state index in [-0.39, 0.29) is 17.8 Å². The van der Waals surface area contributed by atoms with Gasteiger partial charge in [-0.05, 0) is 30.7 Å². The molecule has 0 spiro atoms. The van der Waals surface area contributed by atoms with E-state index < -0.39 is 0 Å². The van der Waals surface area contributed by atoms with E-state index in [1.54, 1.807) is 30.0 Å². The lowest BCUT2D eigenvalue weighted by Gasteiger charge is -2.32. The van der Waals surface area contributed by atoms with Gasteiger partial charge in [-0.25, -0.2) is 0 Å². The first-order valence-electron chi connectivity index (χ1n) is 5.88. The average Bonchev–Trinajstić information content (AvgIpc) is 2.41. The number of aromatic hydroxyl groups is 1. The summed E-state index contributed by atoms with van der Waals surface area (Å²) in [7, 11) is 0. The Kier molecular flexibility index (Phi) is 4.09. The maximum atomic E-state index is 12.3. The minimum atomic E-state index is -0.0948. The molecular weight excluding hydrogens is 254 g/mol. The van der Waals surface area contributed by atoms with Crippen molar-refractivity contribution in [3.05, 3.63) is 29.3 Å². The summed E-state index contributed by atoms with van der Waals surface area (Å²) in [6.07, 6.45) is -0.0948. The molecular formula is C13H16ClNO3. The van der Waals surface area contributed by atoms with Gasteiger partial charge in [-0.3, -0.25) is 4.79 Å². The Hall–Kier alpha value is -1.26. The van der Waals surface area contributed by atoms with Crippen molar-refractivity contribution in [2.45, 2.75) is 13.0 Å². The van der Waals surface area contributed by atoms with Crippen LogP contribution in [0.3, 0.4) is 0 Å². The van der Waals surface area contributed by atoms with Gasteiger partial charge in [0.05, 0.1) is 18.6 Å². The molecule has 1 atom stereocenters. The highest BCUT2D eigenvalue weighted by Gasteiger charge is 2.24. The van der Waals surface area contributed by atoms with Crippen LogP contribution in [-0.4, -0.2) is 47.6 Å². The number of rotatable bonds is 2. The summed E-state index contributed by atoms with van der Waals surface area (Å²) in [6, 6.07) is 4.88. The molecule has 18 heavy (non-hydrogen) atoms. The lowest BCUT2D eigenvalue weighted by molar-refractivity contribution is -0.0108. The van der Waals surface area contributed by atoms with Crippen LogP contribution in [0, 0.1) is 6.92 Å². The number of alkyl halides is 1. The van der Waals surface area contributed by atoms with Gasteiger partial charge < -0.3 is 14.7 Å². The molecule has 0 bridgehead atoms. The van der Waals surface area contributed by atoms with E-state index in [0.29, 0.717) is 36.7 Å². The number of benzene rings is 1. The van der Waals surface area contributed by atoms with Gasteiger partial charge in [0.25, 0.3) is 5.91 Å². The third-order valence-corrected chi connectivity index (χ3v) is 3.39. The Labute approximate surface area is 111 Å². The smallest absolute Gasteiger partial charge is 0.254 e. The number of aryl methyl sites for hydroxylation is 1. The van der Waals surface area contributed by atoms with Crippen LogP contribution >= 0.6 is 11.6 Å². The second kappa shape index (κ2) is 5.59. The minimum Gasteiger partial charge on any atom is -0.508 e. The molecule has 0 aromatic heterocycles. The third-order valence-electron chi connectivity index (χ3n) is 3.04. The molecule has 0 radical (unpaired) electrons. The van der Waals surface area contributed by atoms with Gasteiger partial charge in [-0.2, -0.15) is 0 Å². The number of nitrogens with zero attached hydrogens (tertiary/aromatic N) is 1. The lowest BCUT2D eigenvalue weighted by Crippen LogP contribution is -2.46. The fourth-order valence-electron chi connectivity index (χ4n) is 1.97. The van der Waals surface area contributed by atoms with E-state index in [2.05, 4.69) is 0 Å². The van der Waals surface area contributed by atoms with E-state index in [1.807, 2.05) is 0 Å². The molecule has 2 rings (SSSR count). The first kappa shape index (κ1) is 13.2. The Morgan fingerprint density at radius 1 is 1.61 bits per heavy atom. The zero-order valence-electron chi connectivity index (χ0n) is 10.2. The van der Waals surface area contributed by atoms with Crippen LogP contribution in [0.1, 0.15) is 15.9 Å². The normalized spacial score (nSPS) is 19.9. The Bertz CT molecular complexity index is 450. The predicted molar refractivity (Wildman–Crippen MR) is 69.2 cm³/mol. The molecule has 1 amide bonds. The van der Waals surface area contributed by atoms with Crippen LogP contribution in [0.5, 0.6) is 5.75 Å². The van der Waals surface area contributed by atoms with Crippen molar-refractivity contribution < 1.29 is 14.6 Å². The van der Waals surface area contributed by atoms with E-state index in [9.17, 15) is 9.90 Å². The molecule has 1 saturated heterocycles. The zero-order chi connectivity index (χ0) is 13.1. The molecule has 1 unspecified atom stereocenters. The zero-order valence-corrected chi connectivity index (χ0v) is 11.0. The molecule has 1 N–H and O–H groups in total. The van der Waals surface area contributed by atoms with Crippen LogP contribution in [-0.2, 0) is 4.74 Å². The molecule has 1 aliphatic rings. The van der Waals surface area contributed by atoms with E-state index in [0.717, 1.165) is 0 Å². The number of amides is 1. The third kappa shape index (κ3) is 2.76. The van der Waals surface area contributed by atoms with E-state index in [1.165, 1.54) is 0 Å². The number of phenolic OH excluding ortho intramolecular Hbond substituents is 1. The summed E-state index contributed by atoms with van der Waals surface area (Å²) in [5.74, 6) is 0.543. The number of hydrogen-bond acceptors (Lipinski definition) is 3. The average molecular weight is 270 g/mol. The number of phenols is 1. The van der Waals surface area contributed by atoms with Gasteiger partial charge in [0.2, 0.25) is 0 Å². The number of carbonyl (C=O) groups is 1. The summed E-state index contributed by atoms with van der Waals surface area (Å²) in [4.78, 5) is 14.0. The van der Waals surface area contributed by atoms with Crippen LogP contribution in [0.15, 0.2) is 18.2 Å². The SMILES string of the molecule is Cc1cc(C(=O)N2CCOC(CCl)C2)ccc1O. The number of carbonyl (C=O) groups excluding carboxylic acids is 1. The largest absolute Gasteiger partial charge is 0.508 e. The fourth-order valence-corrected chi connectivity index (χ4v) is 2.15. The molecule has 0 saturated carbocycles. The van der Waals surface area contributed by atoms with Crippen molar-refractivity contribution in [3.8, 4) is 5.75 Å². The van der Waals surface area contributed by atoms with Gasteiger partial charge in [0.1, 0.15) is 5.75 Å². The topological polar surface area (TPSA) is 49.8 Å². The fraction of sp³-hybridized carbons (Fsp3) is 0.462. The quantitative estimate of drug-likeness (QED) is 0.833. The second-order valence-electron chi connectivity index (χ2n) is 4.40. The van der Waals surface area contributed by atoms with Gasteiger partial charge in [0.15, 0.2) is 0 Å². The van der Waals surface area contributed by atoms with Crippen molar-refractivity contribution in [1.82, 2.24) is 4.90 Å². The summed E-state index contributed by atoms with van der Waals surface area (Å²) < 4.78 is 5.42.